The molecular formula is C9H6F3NO3S. The number of nitrogens with one attached hydrogen (secondary N) is 1. The van der Waals surface area contributed by atoms with Gasteiger partial charge in [-0.15, -0.1) is 0 Å². The van der Waals surface area contributed by atoms with Crippen molar-refractivity contribution in [2.75, 3.05) is 0 Å². The van der Waals surface area contributed by atoms with Gasteiger partial charge in [0.1, 0.15) is 5.56 Å². The highest BCUT2D eigenvalue weighted by atomic mass is 32.2. The van der Waals surface area contributed by atoms with Gasteiger partial charge in [0.25, 0.3) is 0 Å². The van der Waals surface area contributed by atoms with E-state index in [0.717, 1.165) is 6.07 Å². The average molecular weight is 265 g/mol. The Morgan fingerprint density at radius 3 is 2.29 bits per heavy atom. The van der Waals surface area contributed by atoms with Crippen molar-refractivity contribution in [1.82, 2.24) is 4.98 Å². The molecule has 0 unspecified atom stereocenters. The molecule has 1 heterocycles. The first-order valence-corrected chi connectivity index (χ1v) is 5.80. The van der Waals surface area contributed by atoms with Crippen LogP contribution in [0.5, 0.6) is 0 Å². The van der Waals surface area contributed by atoms with Gasteiger partial charge in [0.05, 0.1) is 0 Å². The van der Waals surface area contributed by atoms with Crippen molar-refractivity contribution in [3.8, 4) is 0 Å². The zero-order chi connectivity index (χ0) is 12.8. The Morgan fingerprint density at radius 2 is 1.76 bits per heavy atom. The molecule has 2 N–H and O–H groups in total. The zero-order valence-corrected chi connectivity index (χ0v) is 8.93. The lowest BCUT2D eigenvalue weighted by molar-refractivity contribution is -0.138. The van der Waals surface area contributed by atoms with E-state index in [1.54, 1.807) is 0 Å². The van der Waals surface area contributed by atoms with Gasteiger partial charge < -0.3 is 4.98 Å². The van der Waals surface area contributed by atoms with Crippen molar-refractivity contribution in [2.24, 2.45) is 0 Å². The highest BCUT2D eigenvalue weighted by Crippen LogP contribution is 2.39. The summed E-state index contributed by atoms with van der Waals surface area (Å²) < 4.78 is 68.8. The van der Waals surface area contributed by atoms with Crippen LogP contribution in [0, 0.1) is 0 Å². The fourth-order valence-corrected chi connectivity index (χ4v) is 2.31. The smallest absolute Gasteiger partial charge is 0.343 e. The molecule has 2 rings (SSSR count). The molecule has 2 aromatic rings. The van der Waals surface area contributed by atoms with Crippen LogP contribution >= 0.6 is 0 Å². The second-order valence-corrected chi connectivity index (χ2v) is 4.71. The molecule has 92 valence electrons. The molecule has 17 heavy (non-hydrogen) atoms. The number of hydrogen-bond donors (Lipinski definition) is 2. The van der Waals surface area contributed by atoms with Gasteiger partial charge in [-0.2, -0.15) is 21.6 Å². The van der Waals surface area contributed by atoms with E-state index in [-0.39, 0.29) is 10.9 Å². The SMILES string of the molecule is O=S(=O)(O)c1[nH]c2ccccc2c1C(F)(F)F. The summed E-state index contributed by atoms with van der Waals surface area (Å²) in [5, 5.41) is -1.53. The van der Waals surface area contributed by atoms with E-state index in [0.29, 0.717) is 0 Å². The molecule has 0 aliphatic rings. The predicted octanol–water partition coefficient (Wildman–Crippen LogP) is 2.43. The first-order chi connectivity index (χ1) is 7.71. The van der Waals surface area contributed by atoms with Crippen molar-refractivity contribution in [1.29, 1.82) is 0 Å². The van der Waals surface area contributed by atoms with Crippen molar-refractivity contribution in [3.63, 3.8) is 0 Å². The second kappa shape index (κ2) is 3.47. The maximum Gasteiger partial charge on any atom is 0.419 e. The Kier molecular flexibility index (Phi) is 2.44. The molecule has 1 aromatic carbocycles. The normalized spacial score (nSPS) is 13.2. The molecular weight excluding hydrogens is 259 g/mol. The minimum Gasteiger partial charge on any atom is -0.343 e. The van der Waals surface area contributed by atoms with Crippen LogP contribution in [0.1, 0.15) is 5.56 Å². The Balaban J connectivity index is 2.94. The average Bonchev–Trinajstić information content (AvgIpc) is 2.54. The molecule has 8 heteroatoms. The topological polar surface area (TPSA) is 70.2 Å². The van der Waals surface area contributed by atoms with E-state index in [2.05, 4.69) is 4.98 Å². The lowest BCUT2D eigenvalue weighted by Crippen LogP contribution is -2.11. The van der Waals surface area contributed by atoms with Crippen LogP contribution in [0.2, 0.25) is 0 Å². The van der Waals surface area contributed by atoms with Gasteiger partial charge in [0.15, 0.2) is 5.03 Å². The van der Waals surface area contributed by atoms with Crippen LogP contribution in [-0.2, 0) is 16.3 Å². The number of hydrogen-bond acceptors (Lipinski definition) is 2. The number of aromatic nitrogens is 1. The summed E-state index contributed by atoms with van der Waals surface area (Å²) in [6.07, 6.45) is -4.87. The summed E-state index contributed by atoms with van der Waals surface area (Å²) in [6.45, 7) is 0. The van der Waals surface area contributed by atoms with Gasteiger partial charge in [-0.1, -0.05) is 18.2 Å². The van der Waals surface area contributed by atoms with Gasteiger partial charge in [0.2, 0.25) is 0 Å². The van der Waals surface area contributed by atoms with Crippen molar-refractivity contribution < 1.29 is 26.1 Å². The molecule has 0 spiro atoms. The zero-order valence-electron chi connectivity index (χ0n) is 8.12. The molecule has 0 bridgehead atoms. The number of H-pyrrole nitrogens is 1. The van der Waals surface area contributed by atoms with Gasteiger partial charge in [-0.3, -0.25) is 4.55 Å². The van der Waals surface area contributed by atoms with Crippen LogP contribution in [-0.4, -0.2) is 18.0 Å². The summed E-state index contributed by atoms with van der Waals surface area (Å²) >= 11 is 0. The Hall–Kier alpha value is -1.54. The number of halogens is 3. The van der Waals surface area contributed by atoms with Crippen LogP contribution in [0.15, 0.2) is 29.3 Å². The molecule has 0 radical (unpaired) electrons. The minimum atomic E-state index is -4.95. The summed E-state index contributed by atoms with van der Waals surface area (Å²) in [5.74, 6) is 0. The molecule has 0 saturated carbocycles. The number of fused-ring (bicyclic) bond motifs is 1. The van der Waals surface area contributed by atoms with E-state index in [1.807, 2.05) is 0 Å². The third-order valence-electron chi connectivity index (χ3n) is 2.21. The number of alkyl halides is 3. The summed E-state index contributed by atoms with van der Waals surface area (Å²) in [6, 6.07) is 5.22. The van der Waals surface area contributed by atoms with Crippen LogP contribution in [0.3, 0.4) is 0 Å². The van der Waals surface area contributed by atoms with Gasteiger partial charge >= 0.3 is 16.3 Å². The van der Waals surface area contributed by atoms with E-state index >= 15 is 0 Å². The number of para-hydroxylation sites is 1. The van der Waals surface area contributed by atoms with Gasteiger partial charge in [0, 0.05) is 10.9 Å². The standard InChI is InChI=1S/C9H6F3NO3S/c10-9(11,12)7-5-3-1-2-4-6(5)13-8(7)17(14,15)16/h1-4,13H,(H,14,15,16). The number of aromatic amines is 1. The fraction of sp³-hybridized carbons (Fsp3) is 0.111. The Morgan fingerprint density at radius 1 is 1.18 bits per heavy atom. The van der Waals surface area contributed by atoms with E-state index in [9.17, 15) is 21.6 Å². The number of rotatable bonds is 1. The summed E-state index contributed by atoms with van der Waals surface area (Å²) in [7, 11) is -4.95. The van der Waals surface area contributed by atoms with Crippen LogP contribution in [0.4, 0.5) is 13.2 Å². The molecule has 0 atom stereocenters. The second-order valence-electron chi connectivity index (χ2n) is 3.35. The van der Waals surface area contributed by atoms with Crippen molar-refractivity contribution in [2.45, 2.75) is 11.2 Å². The molecule has 0 amide bonds. The lowest BCUT2D eigenvalue weighted by atomic mass is 10.2. The maximum atomic E-state index is 12.7. The first-order valence-electron chi connectivity index (χ1n) is 4.36. The third-order valence-corrected chi connectivity index (χ3v) is 3.04. The molecule has 0 saturated heterocycles. The molecule has 0 fully saturated rings. The molecule has 0 aliphatic heterocycles. The predicted molar refractivity (Wildman–Crippen MR) is 53.1 cm³/mol. The highest BCUT2D eigenvalue weighted by Gasteiger charge is 2.40. The minimum absolute atomic E-state index is 0.00699. The first kappa shape index (κ1) is 11.9. The Labute approximate surface area is 93.8 Å². The maximum absolute atomic E-state index is 12.7. The van der Waals surface area contributed by atoms with Crippen molar-refractivity contribution in [3.05, 3.63) is 29.8 Å². The van der Waals surface area contributed by atoms with Crippen molar-refractivity contribution >= 4 is 21.0 Å². The van der Waals surface area contributed by atoms with E-state index in [4.69, 9.17) is 4.55 Å². The molecule has 1 aromatic heterocycles. The molecule has 0 aliphatic carbocycles. The fourth-order valence-electron chi connectivity index (χ4n) is 1.59. The summed E-state index contributed by atoms with van der Waals surface area (Å²) in [5.41, 5.74) is -1.39. The monoisotopic (exact) mass is 265 g/mol. The quantitative estimate of drug-likeness (QED) is 0.778. The van der Waals surface area contributed by atoms with E-state index in [1.165, 1.54) is 18.2 Å². The van der Waals surface area contributed by atoms with Crippen LogP contribution in [0.25, 0.3) is 10.9 Å². The Bertz CT molecular complexity index is 672. The number of benzene rings is 1. The van der Waals surface area contributed by atoms with Crippen LogP contribution < -0.4 is 0 Å². The van der Waals surface area contributed by atoms with Gasteiger partial charge in [-0.05, 0) is 6.07 Å². The summed E-state index contributed by atoms with van der Waals surface area (Å²) in [4.78, 5) is 2.05. The largest absolute Gasteiger partial charge is 0.419 e. The molecule has 4 nitrogen and oxygen atoms in total. The third kappa shape index (κ3) is 2.01. The highest BCUT2D eigenvalue weighted by molar-refractivity contribution is 7.85. The van der Waals surface area contributed by atoms with Gasteiger partial charge in [-0.25, -0.2) is 0 Å². The lowest BCUT2D eigenvalue weighted by Gasteiger charge is -2.06. The van der Waals surface area contributed by atoms with E-state index < -0.39 is 26.9 Å².